The topological polar surface area (TPSA) is 15.3 Å². The second-order valence-corrected chi connectivity index (χ2v) is 8.04. The summed E-state index contributed by atoms with van der Waals surface area (Å²) >= 11 is 3.62. The zero-order chi connectivity index (χ0) is 15.4. The maximum absolute atomic E-state index is 3.65. The molecule has 0 atom stereocenters. The zero-order valence-electron chi connectivity index (χ0n) is 13.8. The second-order valence-electron chi connectivity index (χ2n) is 7.12. The summed E-state index contributed by atoms with van der Waals surface area (Å²) in [5, 5.41) is 3.65. The molecule has 0 aromatic heterocycles. The van der Waals surface area contributed by atoms with Gasteiger partial charge in [0.15, 0.2) is 0 Å². The molecule has 1 N–H and O–H groups in total. The Balaban J connectivity index is 2.19. The molecule has 0 heterocycles. The van der Waals surface area contributed by atoms with Crippen molar-refractivity contribution in [1.82, 2.24) is 5.32 Å². The maximum Gasteiger partial charge on any atom is 0.0412 e. The first kappa shape index (κ1) is 16.8. The Morgan fingerprint density at radius 3 is 2.29 bits per heavy atom. The van der Waals surface area contributed by atoms with Gasteiger partial charge in [-0.05, 0) is 48.4 Å². The van der Waals surface area contributed by atoms with Gasteiger partial charge in [-0.2, -0.15) is 0 Å². The normalized spacial score (nSPS) is 15.0. The third-order valence-corrected chi connectivity index (χ3v) is 4.21. The highest BCUT2D eigenvalue weighted by atomic mass is 79.9. The number of halogens is 1. The fraction of sp³-hybridized carbons (Fsp3) is 0.667. The Morgan fingerprint density at radius 2 is 1.76 bits per heavy atom. The van der Waals surface area contributed by atoms with Crippen LogP contribution in [0.5, 0.6) is 0 Å². The second kappa shape index (κ2) is 7.64. The molecule has 0 amide bonds. The van der Waals surface area contributed by atoms with Crippen molar-refractivity contribution < 1.29 is 0 Å². The SMILES string of the molecule is CC(C)CN(CC(C)C)c1ccc(Br)cc1CNC1CC1. The van der Waals surface area contributed by atoms with Crippen molar-refractivity contribution in [2.75, 3.05) is 18.0 Å². The third kappa shape index (κ3) is 5.63. The fourth-order valence-electron chi connectivity index (χ4n) is 2.70. The van der Waals surface area contributed by atoms with E-state index in [2.05, 4.69) is 72.0 Å². The lowest BCUT2D eigenvalue weighted by Crippen LogP contribution is -2.32. The highest BCUT2D eigenvalue weighted by Crippen LogP contribution is 2.28. The Kier molecular flexibility index (Phi) is 6.12. The molecule has 0 unspecified atom stereocenters. The average Bonchev–Trinajstić information content (AvgIpc) is 3.18. The molecule has 1 aliphatic carbocycles. The first-order chi connectivity index (χ1) is 9.95. The van der Waals surface area contributed by atoms with E-state index in [-0.39, 0.29) is 0 Å². The number of hydrogen-bond donors (Lipinski definition) is 1. The molecule has 1 aromatic carbocycles. The van der Waals surface area contributed by atoms with Gasteiger partial charge in [0.2, 0.25) is 0 Å². The van der Waals surface area contributed by atoms with Gasteiger partial charge in [0.25, 0.3) is 0 Å². The van der Waals surface area contributed by atoms with Crippen LogP contribution in [0.4, 0.5) is 5.69 Å². The molecule has 0 bridgehead atoms. The number of nitrogens with zero attached hydrogens (tertiary/aromatic N) is 1. The molecule has 2 rings (SSSR count). The maximum atomic E-state index is 3.65. The molecule has 1 aliphatic rings. The summed E-state index contributed by atoms with van der Waals surface area (Å²) in [7, 11) is 0. The standard InChI is InChI=1S/C18H29BrN2/c1-13(2)11-21(12-14(3)4)18-8-5-16(19)9-15(18)10-20-17-6-7-17/h5,8-9,13-14,17,20H,6-7,10-12H2,1-4H3. The van der Waals surface area contributed by atoms with E-state index in [9.17, 15) is 0 Å². The minimum atomic E-state index is 0.677. The largest absolute Gasteiger partial charge is 0.371 e. The average molecular weight is 353 g/mol. The smallest absolute Gasteiger partial charge is 0.0412 e. The molecule has 0 spiro atoms. The van der Waals surface area contributed by atoms with Crippen LogP contribution in [0.3, 0.4) is 0 Å². The van der Waals surface area contributed by atoms with Crippen LogP contribution in [0.2, 0.25) is 0 Å². The summed E-state index contributed by atoms with van der Waals surface area (Å²) in [5.74, 6) is 1.35. The predicted octanol–water partition coefficient (Wildman–Crippen LogP) is 4.82. The van der Waals surface area contributed by atoms with Crippen molar-refractivity contribution in [2.45, 2.75) is 53.1 Å². The molecule has 0 radical (unpaired) electrons. The Hall–Kier alpha value is -0.540. The van der Waals surface area contributed by atoms with Crippen LogP contribution >= 0.6 is 15.9 Å². The van der Waals surface area contributed by atoms with Crippen molar-refractivity contribution >= 4 is 21.6 Å². The summed E-state index contributed by atoms with van der Waals surface area (Å²) in [5.41, 5.74) is 2.81. The van der Waals surface area contributed by atoms with E-state index in [0.29, 0.717) is 11.8 Å². The van der Waals surface area contributed by atoms with Crippen LogP contribution in [-0.2, 0) is 6.54 Å². The number of anilines is 1. The van der Waals surface area contributed by atoms with Crippen LogP contribution < -0.4 is 10.2 Å². The van der Waals surface area contributed by atoms with Crippen molar-refractivity contribution in [2.24, 2.45) is 11.8 Å². The van der Waals surface area contributed by atoms with E-state index in [1.165, 1.54) is 28.6 Å². The molecule has 118 valence electrons. The van der Waals surface area contributed by atoms with Crippen LogP contribution in [0.1, 0.15) is 46.1 Å². The molecular formula is C18H29BrN2. The molecule has 21 heavy (non-hydrogen) atoms. The highest BCUT2D eigenvalue weighted by molar-refractivity contribution is 9.10. The monoisotopic (exact) mass is 352 g/mol. The third-order valence-electron chi connectivity index (χ3n) is 3.71. The van der Waals surface area contributed by atoms with Gasteiger partial charge in [-0.3, -0.25) is 0 Å². The number of benzene rings is 1. The highest BCUT2D eigenvalue weighted by Gasteiger charge is 2.21. The molecule has 0 aliphatic heterocycles. The first-order valence-electron chi connectivity index (χ1n) is 8.22. The number of hydrogen-bond acceptors (Lipinski definition) is 2. The van der Waals surface area contributed by atoms with Gasteiger partial charge in [0, 0.05) is 35.8 Å². The van der Waals surface area contributed by atoms with Gasteiger partial charge >= 0.3 is 0 Å². The lowest BCUT2D eigenvalue weighted by atomic mass is 10.1. The zero-order valence-corrected chi connectivity index (χ0v) is 15.4. The molecular weight excluding hydrogens is 324 g/mol. The molecule has 3 heteroatoms. The van der Waals surface area contributed by atoms with Gasteiger partial charge in [0.1, 0.15) is 0 Å². The van der Waals surface area contributed by atoms with Crippen LogP contribution in [0.25, 0.3) is 0 Å². The van der Waals surface area contributed by atoms with Gasteiger partial charge in [-0.1, -0.05) is 43.6 Å². The van der Waals surface area contributed by atoms with E-state index >= 15 is 0 Å². The van der Waals surface area contributed by atoms with Crippen molar-refractivity contribution in [3.8, 4) is 0 Å². The van der Waals surface area contributed by atoms with Crippen molar-refractivity contribution in [1.29, 1.82) is 0 Å². The van der Waals surface area contributed by atoms with Gasteiger partial charge in [0.05, 0.1) is 0 Å². The van der Waals surface area contributed by atoms with Crippen molar-refractivity contribution in [3.63, 3.8) is 0 Å². The van der Waals surface area contributed by atoms with E-state index in [4.69, 9.17) is 0 Å². The van der Waals surface area contributed by atoms with E-state index in [1.807, 2.05) is 0 Å². The fourth-order valence-corrected chi connectivity index (χ4v) is 3.11. The van der Waals surface area contributed by atoms with E-state index < -0.39 is 0 Å². The van der Waals surface area contributed by atoms with Gasteiger partial charge < -0.3 is 10.2 Å². The number of rotatable bonds is 8. The molecule has 1 fully saturated rings. The first-order valence-corrected chi connectivity index (χ1v) is 9.01. The lowest BCUT2D eigenvalue weighted by Gasteiger charge is -2.30. The van der Waals surface area contributed by atoms with E-state index in [0.717, 1.165) is 25.7 Å². The summed E-state index contributed by atoms with van der Waals surface area (Å²) in [6.45, 7) is 12.4. The Morgan fingerprint density at radius 1 is 1.14 bits per heavy atom. The van der Waals surface area contributed by atoms with E-state index in [1.54, 1.807) is 0 Å². The quantitative estimate of drug-likeness (QED) is 0.721. The van der Waals surface area contributed by atoms with Crippen LogP contribution in [-0.4, -0.2) is 19.1 Å². The molecule has 1 saturated carbocycles. The summed E-state index contributed by atoms with van der Waals surface area (Å²) in [6, 6.07) is 7.47. The van der Waals surface area contributed by atoms with Crippen LogP contribution in [0, 0.1) is 11.8 Å². The van der Waals surface area contributed by atoms with Crippen molar-refractivity contribution in [3.05, 3.63) is 28.2 Å². The molecule has 1 aromatic rings. The van der Waals surface area contributed by atoms with Crippen LogP contribution in [0.15, 0.2) is 22.7 Å². The predicted molar refractivity (Wildman–Crippen MR) is 95.9 cm³/mol. The molecule has 0 saturated heterocycles. The summed E-state index contributed by atoms with van der Waals surface area (Å²) < 4.78 is 1.17. The van der Waals surface area contributed by atoms with Gasteiger partial charge in [-0.25, -0.2) is 0 Å². The Labute approximate surface area is 138 Å². The molecule has 2 nitrogen and oxygen atoms in total. The minimum absolute atomic E-state index is 0.677. The lowest BCUT2D eigenvalue weighted by molar-refractivity contribution is 0.550. The summed E-state index contributed by atoms with van der Waals surface area (Å²) in [6.07, 6.45) is 2.68. The number of nitrogens with one attached hydrogen (secondary N) is 1. The minimum Gasteiger partial charge on any atom is -0.371 e. The van der Waals surface area contributed by atoms with Gasteiger partial charge in [-0.15, -0.1) is 0 Å². The Bertz CT molecular complexity index is 443. The summed E-state index contributed by atoms with van der Waals surface area (Å²) in [4.78, 5) is 2.56.